The van der Waals surface area contributed by atoms with E-state index in [4.69, 9.17) is 0 Å². The largest absolute Gasteiger partial charge is 0.353 e. The molecule has 0 bridgehead atoms. The van der Waals surface area contributed by atoms with Crippen molar-refractivity contribution < 1.29 is 4.79 Å². The maximum absolute atomic E-state index is 12.2. The number of carbonyl (C=O) groups excluding carboxylic acids is 1. The van der Waals surface area contributed by atoms with Gasteiger partial charge in [0.15, 0.2) is 0 Å². The highest BCUT2D eigenvalue weighted by Gasteiger charge is 2.31. The van der Waals surface area contributed by atoms with Crippen molar-refractivity contribution in [1.29, 1.82) is 0 Å². The van der Waals surface area contributed by atoms with E-state index >= 15 is 0 Å². The lowest BCUT2D eigenvalue weighted by Gasteiger charge is -2.31. The molecule has 2 fully saturated rings. The first-order valence-corrected chi connectivity index (χ1v) is 8.63. The van der Waals surface area contributed by atoms with Gasteiger partial charge in [-0.25, -0.2) is 0 Å². The predicted octanol–water partition coefficient (Wildman–Crippen LogP) is 1.82. The molecule has 1 N–H and O–H groups in total. The van der Waals surface area contributed by atoms with Crippen LogP contribution in [0.5, 0.6) is 0 Å². The summed E-state index contributed by atoms with van der Waals surface area (Å²) in [6.45, 7) is 1.70. The van der Waals surface area contributed by atoms with Crippen molar-refractivity contribution in [1.82, 2.24) is 20.1 Å². The molecule has 1 saturated heterocycles. The quantitative estimate of drug-likeness (QED) is 0.934. The van der Waals surface area contributed by atoms with Crippen molar-refractivity contribution in [2.24, 2.45) is 5.92 Å². The van der Waals surface area contributed by atoms with E-state index < -0.39 is 0 Å². The van der Waals surface area contributed by atoms with Gasteiger partial charge in [0.05, 0.1) is 5.92 Å². The highest BCUT2D eigenvalue weighted by Crippen LogP contribution is 2.28. The predicted molar refractivity (Wildman–Crippen MR) is 85.3 cm³/mol. The summed E-state index contributed by atoms with van der Waals surface area (Å²) in [6.07, 6.45) is 8.20. The maximum Gasteiger partial charge on any atom is 0.225 e. The van der Waals surface area contributed by atoms with Crippen LogP contribution in [0, 0.1) is 5.92 Å². The Bertz CT molecular complexity index is 649. The molecule has 3 heterocycles. The van der Waals surface area contributed by atoms with Crippen molar-refractivity contribution in [2.75, 3.05) is 18.0 Å². The van der Waals surface area contributed by atoms with Gasteiger partial charge in [0, 0.05) is 31.5 Å². The Labute approximate surface area is 133 Å². The normalized spacial score (nSPS) is 21.8. The molecule has 6 nitrogen and oxygen atoms in total. The van der Waals surface area contributed by atoms with Crippen LogP contribution in [0.4, 0.5) is 5.13 Å². The molecular weight excluding hydrogens is 298 g/mol. The number of hydrogen-bond donors (Lipinski definition) is 1. The number of nitrogens with zero attached hydrogens (tertiary/aromatic N) is 4. The van der Waals surface area contributed by atoms with Gasteiger partial charge < -0.3 is 10.2 Å². The van der Waals surface area contributed by atoms with Crippen LogP contribution in [0.2, 0.25) is 0 Å². The number of amides is 1. The zero-order valence-electron chi connectivity index (χ0n) is 12.3. The fraction of sp³-hybridized carbons (Fsp3) is 0.533. The zero-order chi connectivity index (χ0) is 14.9. The number of carbonyl (C=O) groups is 1. The summed E-state index contributed by atoms with van der Waals surface area (Å²) in [7, 11) is 0. The minimum atomic E-state index is 0.0771. The van der Waals surface area contributed by atoms with Crippen LogP contribution in [0.1, 0.15) is 25.7 Å². The SMILES string of the molecule is O=C(NC1CC1)[C@@H]1CCCN(c2nnc(-n3cccc3)s2)C1. The molecule has 1 atom stereocenters. The van der Waals surface area contributed by atoms with Crippen LogP contribution in [0.3, 0.4) is 0 Å². The molecule has 1 aliphatic carbocycles. The van der Waals surface area contributed by atoms with Gasteiger partial charge in [0.2, 0.25) is 16.2 Å². The maximum atomic E-state index is 12.2. The van der Waals surface area contributed by atoms with Gasteiger partial charge >= 0.3 is 0 Å². The van der Waals surface area contributed by atoms with Crippen molar-refractivity contribution in [3.05, 3.63) is 24.5 Å². The van der Waals surface area contributed by atoms with Crippen molar-refractivity contribution in [3.8, 4) is 5.13 Å². The first-order valence-electron chi connectivity index (χ1n) is 7.82. The number of rotatable bonds is 4. The summed E-state index contributed by atoms with van der Waals surface area (Å²) in [5.74, 6) is 0.288. The minimum absolute atomic E-state index is 0.0771. The minimum Gasteiger partial charge on any atom is -0.353 e. The number of hydrogen-bond acceptors (Lipinski definition) is 5. The van der Waals surface area contributed by atoms with Crippen LogP contribution < -0.4 is 10.2 Å². The van der Waals surface area contributed by atoms with Gasteiger partial charge in [-0.3, -0.25) is 9.36 Å². The number of anilines is 1. The second-order valence-electron chi connectivity index (χ2n) is 6.03. The molecular formula is C15H19N5OS. The molecule has 1 saturated carbocycles. The molecule has 1 amide bonds. The Morgan fingerprint density at radius 2 is 1.95 bits per heavy atom. The summed E-state index contributed by atoms with van der Waals surface area (Å²) < 4.78 is 1.96. The van der Waals surface area contributed by atoms with Crippen LogP contribution in [0.25, 0.3) is 5.13 Å². The highest BCUT2D eigenvalue weighted by molar-refractivity contribution is 7.17. The lowest BCUT2D eigenvalue weighted by atomic mass is 9.97. The Hall–Kier alpha value is -1.89. The molecule has 7 heteroatoms. The Kier molecular flexibility index (Phi) is 3.57. The van der Waals surface area contributed by atoms with Gasteiger partial charge in [0.25, 0.3) is 0 Å². The lowest BCUT2D eigenvalue weighted by molar-refractivity contribution is -0.125. The number of nitrogens with one attached hydrogen (secondary N) is 1. The van der Waals surface area contributed by atoms with Crippen molar-refractivity contribution >= 4 is 22.4 Å². The smallest absolute Gasteiger partial charge is 0.225 e. The molecule has 2 aromatic heterocycles. The van der Waals surface area contributed by atoms with Gasteiger partial charge in [-0.15, -0.1) is 10.2 Å². The topological polar surface area (TPSA) is 63.1 Å². The monoisotopic (exact) mass is 317 g/mol. The Morgan fingerprint density at radius 3 is 2.73 bits per heavy atom. The van der Waals surface area contributed by atoms with E-state index in [1.165, 1.54) is 0 Å². The fourth-order valence-electron chi connectivity index (χ4n) is 2.81. The van der Waals surface area contributed by atoms with Crippen molar-refractivity contribution in [2.45, 2.75) is 31.7 Å². The van der Waals surface area contributed by atoms with Gasteiger partial charge in [-0.05, 0) is 37.8 Å². The van der Waals surface area contributed by atoms with E-state index in [0.29, 0.717) is 6.04 Å². The molecule has 2 aromatic rings. The van der Waals surface area contributed by atoms with Crippen LogP contribution in [-0.2, 0) is 4.79 Å². The average molecular weight is 317 g/mol. The van der Waals surface area contributed by atoms with E-state index in [-0.39, 0.29) is 11.8 Å². The number of piperidine rings is 1. The highest BCUT2D eigenvalue weighted by atomic mass is 32.1. The van der Waals surface area contributed by atoms with E-state index in [0.717, 1.165) is 49.0 Å². The molecule has 2 aliphatic rings. The van der Waals surface area contributed by atoms with E-state index in [1.54, 1.807) is 11.3 Å². The molecule has 0 unspecified atom stereocenters. The standard InChI is InChI=1S/C15H19N5OS/c21-13(16-12-5-6-12)11-4-3-9-20(10-11)15-18-17-14(22-15)19-7-1-2-8-19/h1-2,7-8,11-12H,3-6,9-10H2,(H,16,21)/t11-/m1/s1. The third-order valence-corrected chi connectivity index (χ3v) is 5.21. The summed E-state index contributed by atoms with van der Waals surface area (Å²) in [5, 5.41) is 13.5. The molecule has 0 aromatic carbocycles. The lowest BCUT2D eigenvalue weighted by Crippen LogP contribution is -2.43. The van der Waals surface area contributed by atoms with Crippen LogP contribution in [-0.4, -0.2) is 39.8 Å². The van der Waals surface area contributed by atoms with Gasteiger partial charge in [0.1, 0.15) is 0 Å². The van der Waals surface area contributed by atoms with Gasteiger partial charge in [-0.1, -0.05) is 11.3 Å². The summed E-state index contributed by atoms with van der Waals surface area (Å²) in [5.41, 5.74) is 0. The second-order valence-corrected chi connectivity index (χ2v) is 6.96. The molecule has 22 heavy (non-hydrogen) atoms. The van der Waals surface area contributed by atoms with E-state index in [9.17, 15) is 4.79 Å². The Morgan fingerprint density at radius 1 is 1.18 bits per heavy atom. The summed E-state index contributed by atoms with van der Waals surface area (Å²) >= 11 is 1.57. The third kappa shape index (κ3) is 2.85. The zero-order valence-corrected chi connectivity index (χ0v) is 13.1. The molecule has 1 aliphatic heterocycles. The van der Waals surface area contributed by atoms with Crippen LogP contribution >= 0.6 is 11.3 Å². The van der Waals surface area contributed by atoms with Gasteiger partial charge in [-0.2, -0.15) is 0 Å². The average Bonchev–Trinajstić information content (AvgIpc) is 3.05. The van der Waals surface area contributed by atoms with E-state index in [2.05, 4.69) is 20.4 Å². The molecule has 116 valence electrons. The number of aromatic nitrogens is 3. The van der Waals surface area contributed by atoms with Crippen LogP contribution in [0.15, 0.2) is 24.5 Å². The summed E-state index contributed by atoms with van der Waals surface area (Å²) in [6, 6.07) is 4.38. The Balaban J connectivity index is 1.44. The fourth-order valence-corrected chi connectivity index (χ4v) is 3.66. The molecule has 4 rings (SSSR count). The second kappa shape index (κ2) is 5.72. The first-order chi connectivity index (χ1) is 10.8. The molecule has 0 spiro atoms. The van der Waals surface area contributed by atoms with Crippen molar-refractivity contribution in [3.63, 3.8) is 0 Å². The third-order valence-electron chi connectivity index (χ3n) is 4.22. The van der Waals surface area contributed by atoms with E-state index in [1.807, 2.05) is 29.1 Å². The first kappa shape index (κ1) is 13.8. The summed E-state index contributed by atoms with van der Waals surface area (Å²) in [4.78, 5) is 14.4. The molecule has 0 radical (unpaired) electrons.